The Bertz CT molecular complexity index is 824. The third-order valence-electron chi connectivity index (χ3n) is 5.60. The van der Waals surface area contributed by atoms with Gasteiger partial charge in [0.1, 0.15) is 0 Å². The van der Waals surface area contributed by atoms with Crippen LogP contribution >= 0.6 is 0 Å². The van der Waals surface area contributed by atoms with E-state index < -0.39 is 0 Å². The van der Waals surface area contributed by atoms with Crippen LogP contribution in [0, 0.1) is 12.8 Å². The zero-order chi connectivity index (χ0) is 21.5. The Labute approximate surface area is 180 Å². The average Bonchev–Trinajstić information content (AvgIpc) is 3.12. The van der Waals surface area contributed by atoms with Crippen LogP contribution in [0.5, 0.6) is 0 Å². The first kappa shape index (κ1) is 22.2. The van der Waals surface area contributed by atoms with Crippen molar-refractivity contribution in [1.29, 1.82) is 0 Å². The van der Waals surface area contributed by atoms with Crippen molar-refractivity contribution in [3.63, 3.8) is 0 Å². The molecule has 2 N–H and O–H groups in total. The fourth-order valence-electron chi connectivity index (χ4n) is 4.30. The lowest BCUT2D eigenvalue weighted by Crippen LogP contribution is -2.40. The molecule has 1 aromatic heterocycles. The summed E-state index contributed by atoms with van der Waals surface area (Å²) in [6.45, 7) is 9.50. The van der Waals surface area contributed by atoms with Gasteiger partial charge in [-0.2, -0.15) is 0 Å². The fraction of sp³-hybridized carbons (Fsp3) is 0.583. The van der Waals surface area contributed by atoms with Gasteiger partial charge in [-0.15, -0.1) is 0 Å². The van der Waals surface area contributed by atoms with Crippen LogP contribution in [0.3, 0.4) is 0 Å². The molecule has 1 aromatic carbocycles. The number of carbonyl (C=O) groups is 1. The van der Waals surface area contributed by atoms with Gasteiger partial charge < -0.3 is 14.7 Å². The van der Waals surface area contributed by atoms with Crippen LogP contribution in [-0.4, -0.2) is 23.8 Å². The molecule has 0 bridgehead atoms. The molecule has 0 radical (unpaired) electrons. The molecule has 1 heterocycles. The maximum Gasteiger partial charge on any atom is 0.326 e. The first-order chi connectivity index (χ1) is 14.5. The number of urea groups is 1. The molecule has 1 saturated carbocycles. The number of carbonyl (C=O) groups excluding carboxylic acids is 1. The molecule has 30 heavy (non-hydrogen) atoms. The number of anilines is 3. The molecule has 0 atom stereocenters. The van der Waals surface area contributed by atoms with E-state index in [9.17, 15) is 4.79 Å². The minimum atomic E-state index is -0.311. The molecule has 0 spiro atoms. The van der Waals surface area contributed by atoms with E-state index in [0.29, 0.717) is 17.8 Å². The lowest BCUT2D eigenvalue weighted by atomic mass is 9.92. The van der Waals surface area contributed by atoms with Crippen LogP contribution < -0.4 is 15.5 Å². The normalized spacial score (nSPS) is 14.7. The van der Waals surface area contributed by atoms with Gasteiger partial charge in [0.05, 0.1) is 17.1 Å². The van der Waals surface area contributed by atoms with E-state index in [-0.39, 0.29) is 6.03 Å². The van der Waals surface area contributed by atoms with Gasteiger partial charge in [0, 0.05) is 18.7 Å². The van der Waals surface area contributed by atoms with E-state index in [1.54, 1.807) is 6.07 Å². The molecule has 0 saturated heterocycles. The highest BCUT2D eigenvalue weighted by atomic mass is 16.5. The summed E-state index contributed by atoms with van der Waals surface area (Å²) in [5, 5.41) is 9.66. The predicted octanol–water partition coefficient (Wildman–Crippen LogP) is 6.37. The van der Waals surface area contributed by atoms with Crippen LogP contribution in [0.15, 0.2) is 28.8 Å². The van der Waals surface area contributed by atoms with Crippen molar-refractivity contribution in [1.82, 2.24) is 5.16 Å². The summed E-state index contributed by atoms with van der Waals surface area (Å²) in [7, 11) is 0. The lowest BCUT2D eigenvalue weighted by molar-refractivity contribution is 0.261. The lowest BCUT2D eigenvalue weighted by Gasteiger charge is -2.38. The highest BCUT2D eigenvalue weighted by molar-refractivity contribution is 6.01. The molecular formula is C24H36N4O2. The first-order valence-electron chi connectivity index (χ1n) is 11.4. The van der Waals surface area contributed by atoms with Crippen molar-refractivity contribution >= 4 is 23.3 Å². The third-order valence-corrected chi connectivity index (χ3v) is 5.60. The van der Waals surface area contributed by atoms with Crippen LogP contribution in [0.4, 0.5) is 22.1 Å². The van der Waals surface area contributed by atoms with E-state index in [1.807, 2.05) is 6.92 Å². The Morgan fingerprint density at radius 1 is 1.20 bits per heavy atom. The van der Waals surface area contributed by atoms with E-state index in [1.165, 1.54) is 37.7 Å². The summed E-state index contributed by atoms with van der Waals surface area (Å²) in [5.41, 5.74) is 3.94. The van der Waals surface area contributed by atoms with E-state index in [4.69, 9.17) is 4.52 Å². The number of aryl methyl sites for hydroxylation is 2. The number of hydrogen-bond acceptors (Lipinski definition) is 4. The van der Waals surface area contributed by atoms with Crippen molar-refractivity contribution in [2.45, 2.75) is 78.7 Å². The molecule has 2 aromatic rings. The molecular weight excluding hydrogens is 376 g/mol. The summed E-state index contributed by atoms with van der Waals surface area (Å²) in [4.78, 5) is 15.2. The quantitative estimate of drug-likeness (QED) is 0.528. The molecule has 1 fully saturated rings. The summed E-state index contributed by atoms with van der Waals surface area (Å²) < 4.78 is 5.13. The molecule has 0 unspecified atom stereocenters. The maximum atomic E-state index is 12.7. The van der Waals surface area contributed by atoms with Gasteiger partial charge >= 0.3 is 6.03 Å². The summed E-state index contributed by atoms with van der Waals surface area (Å²) in [6, 6.07) is 8.45. The molecule has 6 heteroatoms. The molecule has 1 aliphatic rings. The first-order valence-corrected chi connectivity index (χ1v) is 11.4. The monoisotopic (exact) mass is 412 g/mol. The number of hydrogen-bond donors (Lipinski definition) is 2. The molecule has 164 valence electrons. The Morgan fingerprint density at radius 3 is 2.60 bits per heavy atom. The second kappa shape index (κ2) is 10.5. The van der Waals surface area contributed by atoms with Crippen LogP contribution in [0.25, 0.3) is 0 Å². The number of nitrogens with zero attached hydrogens (tertiary/aromatic N) is 2. The number of aromatic nitrogens is 1. The summed E-state index contributed by atoms with van der Waals surface area (Å²) in [6.07, 6.45) is 8.37. The topological polar surface area (TPSA) is 70.4 Å². The number of benzene rings is 1. The zero-order valence-electron chi connectivity index (χ0n) is 18.8. The largest absolute Gasteiger partial charge is 0.367 e. The van der Waals surface area contributed by atoms with Crippen LogP contribution in [0.1, 0.15) is 70.6 Å². The van der Waals surface area contributed by atoms with Gasteiger partial charge in [-0.3, -0.25) is 5.32 Å². The van der Waals surface area contributed by atoms with Crippen molar-refractivity contribution < 1.29 is 9.32 Å². The molecule has 2 amide bonds. The molecule has 3 rings (SSSR count). The molecule has 6 nitrogen and oxygen atoms in total. The Hall–Kier alpha value is -2.50. The average molecular weight is 413 g/mol. The van der Waals surface area contributed by atoms with Crippen molar-refractivity contribution in [3.05, 3.63) is 35.5 Å². The zero-order valence-corrected chi connectivity index (χ0v) is 18.8. The van der Waals surface area contributed by atoms with Gasteiger partial charge in [0.2, 0.25) is 5.88 Å². The van der Waals surface area contributed by atoms with Crippen molar-refractivity contribution in [3.8, 4) is 0 Å². The van der Waals surface area contributed by atoms with Crippen LogP contribution in [-0.2, 0) is 6.42 Å². The number of nitrogens with one attached hydrogen (secondary N) is 2. The van der Waals surface area contributed by atoms with E-state index in [0.717, 1.165) is 36.5 Å². The minimum Gasteiger partial charge on any atom is -0.367 e. The second-order valence-corrected chi connectivity index (χ2v) is 8.85. The molecule has 0 aliphatic heterocycles. The summed E-state index contributed by atoms with van der Waals surface area (Å²) >= 11 is 0. The minimum absolute atomic E-state index is 0.311. The van der Waals surface area contributed by atoms with Gasteiger partial charge in [-0.1, -0.05) is 57.7 Å². The van der Waals surface area contributed by atoms with Gasteiger partial charge in [-0.05, 0) is 49.8 Å². The predicted molar refractivity (Wildman–Crippen MR) is 123 cm³/mol. The van der Waals surface area contributed by atoms with Gasteiger partial charge in [-0.25, -0.2) is 4.79 Å². The highest BCUT2D eigenvalue weighted by Gasteiger charge is 2.25. The third kappa shape index (κ3) is 6.00. The van der Waals surface area contributed by atoms with E-state index >= 15 is 0 Å². The summed E-state index contributed by atoms with van der Waals surface area (Å²) in [5.74, 6) is 0.892. The number of rotatable bonds is 8. The van der Waals surface area contributed by atoms with E-state index in [2.05, 4.69) is 59.7 Å². The second-order valence-electron chi connectivity index (χ2n) is 8.85. The van der Waals surface area contributed by atoms with Crippen LogP contribution in [0.2, 0.25) is 0 Å². The molecule has 1 aliphatic carbocycles. The number of amides is 2. The van der Waals surface area contributed by atoms with Crippen molar-refractivity contribution in [2.75, 3.05) is 22.1 Å². The SMILES string of the molecule is CCCc1ccc(N(CC(C)C)C2CCCCC2)c(NC(=O)Nc2cc(C)no2)c1. The van der Waals surface area contributed by atoms with Crippen molar-refractivity contribution in [2.24, 2.45) is 5.92 Å². The Balaban J connectivity index is 1.87. The Morgan fingerprint density at radius 2 is 1.97 bits per heavy atom. The smallest absolute Gasteiger partial charge is 0.326 e. The van der Waals surface area contributed by atoms with Gasteiger partial charge in [0.15, 0.2) is 0 Å². The fourth-order valence-corrected chi connectivity index (χ4v) is 4.30. The standard InChI is InChI=1S/C24H36N4O2/c1-5-9-19-12-13-22(28(16-17(2)3)20-10-7-6-8-11-20)21(15-19)25-24(29)26-23-14-18(4)27-30-23/h12-15,17,20H,5-11,16H2,1-4H3,(H2,25,26,29). The maximum absolute atomic E-state index is 12.7. The Kier molecular flexibility index (Phi) is 7.77. The highest BCUT2D eigenvalue weighted by Crippen LogP contribution is 2.34. The van der Waals surface area contributed by atoms with Gasteiger partial charge in [0.25, 0.3) is 0 Å².